The van der Waals surface area contributed by atoms with Crippen LogP contribution in [0.3, 0.4) is 0 Å². The number of rotatable bonds is 8. The van der Waals surface area contributed by atoms with Crippen molar-refractivity contribution in [1.82, 2.24) is 0 Å². The first kappa shape index (κ1) is 17.3. The van der Waals surface area contributed by atoms with Gasteiger partial charge in [-0.05, 0) is 55.9 Å². The molecule has 0 aliphatic carbocycles. The molecule has 3 N–H and O–H groups in total. The van der Waals surface area contributed by atoms with Crippen molar-refractivity contribution in [3.8, 4) is 0 Å². The van der Waals surface area contributed by atoms with E-state index in [1.54, 1.807) is 0 Å². The van der Waals surface area contributed by atoms with Crippen LogP contribution in [0.4, 0.5) is 11.4 Å². The molecule has 3 nitrogen and oxygen atoms in total. The molecule has 1 unspecified atom stereocenters. The van der Waals surface area contributed by atoms with E-state index in [0.717, 1.165) is 37.9 Å². The molecule has 1 aliphatic rings. The van der Waals surface area contributed by atoms with Crippen molar-refractivity contribution in [3.63, 3.8) is 0 Å². The van der Waals surface area contributed by atoms with E-state index in [-0.39, 0.29) is 24.1 Å². The summed E-state index contributed by atoms with van der Waals surface area (Å²) >= 11 is 0. The molecule has 4 heteroatoms. The Balaban J connectivity index is 1.92. The van der Waals surface area contributed by atoms with Crippen molar-refractivity contribution in [2.24, 2.45) is 0 Å². The molecule has 24 heavy (non-hydrogen) atoms. The second-order valence-corrected chi connectivity index (χ2v) is 8.19. The fraction of sp³-hybridized carbons (Fsp3) is 0.400. The summed E-state index contributed by atoms with van der Waals surface area (Å²) < 4.78 is 0. The Morgan fingerprint density at radius 1 is 0.792 bits per heavy atom. The highest BCUT2D eigenvalue weighted by molar-refractivity contribution is 7.97. The van der Waals surface area contributed by atoms with E-state index in [0.29, 0.717) is 0 Å². The molecular weight excluding hydrogens is 318 g/mol. The van der Waals surface area contributed by atoms with Gasteiger partial charge in [-0.3, -0.25) is 0 Å². The lowest BCUT2D eigenvalue weighted by Crippen LogP contribution is -2.18. The predicted molar refractivity (Wildman–Crippen MR) is 101 cm³/mol. The van der Waals surface area contributed by atoms with Gasteiger partial charge in [-0.15, -0.1) is 0 Å². The van der Waals surface area contributed by atoms with Crippen LogP contribution in [0.2, 0.25) is 0 Å². The van der Waals surface area contributed by atoms with Crippen molar-refractivity contribution in [2.75, 3.05) is 24.3 Å². The van der Waals surface area contributed by atoms with Crippen LogP contribution < -0.4 is 5.32 Å². The summed E-state index contributed by atoms with van der Waals surface area (Å²) in [5.41, 5.74) is 3.82. The zero-order valence-electron chi connectivity index (χ0n) is 14.0. The predicted octanol–water partition coefficient (Wildman–Crippen LogP) is 3.87. The van der Waals surface area contributed by atoms with E-state index < -0.39 is 0 Å². The molecule has 0 saturated heterocycles. The molecule has 0 saturated carbocycles. The number of aliphatic hydroxyl groups excluding tert-OH is 2. The molecule has 3 rings (SSSR count). The van der Waals surface area contributed by atoms with E-state index >= 15 is 0 Å². The summed E-state index contributed by atoms with van der Waals surface area (Å²) in [6.07, 6.45) is 4.76. The number of aliphatic hydroxyl groups is 2. The number of fused-ring (bicyclic) bond motifs is 2. The Kier molecular flexibility index (Phi) is 6.18. The maximum atomic E-state index is 9.12. The molecule has 1 atom stereocenters. The molecule has 0 radical (unpaired) electrons. The van der Waals surface area contributed by atoms with Gasteiger partial charge in [0, 0.05) is 13.2 Å². The third kappa shape index (κ3) is 3.77. The second-order valence-electron chi connectivity index (χ2n) is 6.12. The minimum Gasteiger partial charge on any atom is -0.396 e. The Labute approximate surface area is 147 Å². The lowest BCUT2D eigenvalue weighted by atomic mass is 10.1. The van der Waals surface area contributed by atoms with Gasteiger partial charge in [-0.1, -0.05) is 24.3 Å². The van der Waals surface area contributed by atoms with Crippen LogP contribution in [0, 0.1) is 0 Å². The van der Waals surface area contributed by atoms with Gasteiger partial charge in [0.2, 0.25) is 0 Å². The molecule has 2 aromatic carbocycles. The minimum atomic E-state index is 0.0634. The zero-order chi connectivity index (χ0) is 16.8. The Bertz CT molecular complexity index is 674. The van der Waals surface area contributed by atoms with Gasteiger partial charge in [0.05, 0.1) is 22.3 Å². The average Bonchev–Trinajstić information content (AvgIpc) is 2.62. The molecule has 0 bridgehead atoms. The summed E-state index contributed by atoms with van der Waals surface area (Å²) in [7, 11) is 0.0634. The van der Waals surface area contributed by atoms with Gasteiger partial charge in [-0.25, -0.2) is 0 Å². The molecule has 0 fully saturated rings. The minimum absolute atomic E-state index is 0.0634. The van der Waals surface area contributed by atoms with Crippen LogP contribution in [-0.4, -0.2) is 29.2 Å². The quantitative estimate of drug-likeness (QED) is 0.503. The van der Waals surface area contributed by atoms with Crippen LogP contribution in [0.5, 0.6) is 0 Å². The third-order valence-electron chi connectivity index (χ3n) is 4.40. The fourth-order valence-corrected chi connectivity index (χ4v) is 5.64. The summed E-state index contributed by atoms with van der Waals surface area (Å²) in [6, 6.07) is 15.2. The topological polar surface area (TPSA) is 52.5 Å². The second kappa shape index (κ2) is 8.56. The largest absolute Gasteiger partial charge is 0.396 e. The molecule has 1 heterocycles. The normalized spacial score (nSPS) is 15.5. The van der Waals surface area contributed by atoms with Crippen molar-refractivity contribution in [3.05, 3.63) is 48.0 Å². The van der Waals surface area contributed by atoms with Gasteiger partial charge in [-0.2, -0.15) is 0 Å². The van der Waals surface area contributed by atoms with Crippen LogP contribution in [0.1, 0.15) is 31.2 Å². The molecule has 0 amide bonds. The molecule has 1 aliphatic heterocycles. The lowest BCUT2D eigenvalue weighted by Gasteiger charge is -2.23. The number of nitrogens with one attached hydrogen (secondary N) is 1. The van der Waals surface area contributed by atoms with Gasteiger partial charge < -0.3 is 15.5 Å². The van der Waals surface area contributed by atoms with E-state index in [9.17, 15) is 0 Å². The summed E-state index contributed by atoms with van der Waals surface area (Å²) in [6.45, 7) is 0.530. The Hall–Kier alpha value is -1.49. The summed E-state index contributed by atoms with van der Waals surface area (Å²) in [5, 5.41) is 21.8. The van der Waals surface area contributed by atoms with E-state index in [1.807, 2.05) is 0 Å². The van der Waals surface area contributed by atoms with Crippen molar-refractivity contribution >= 4 is 22.3 Å². The highest BCUT2D eigenvalue weighted by Crippen LogP contribution is 2.43. The number of para-hydroxylation sites is 2. The Morgan fingerprint density at radius 3 is 2.38 bits per heavy atom. The number of hydrogen-bond donors (Lipinski definition) is 3. The number of unbranched alkanes of at least 4 members (excludes halogenated alkanes) is 2. The van der Waals surface area contributed by atoms with Crippen LogP contribution >= 0.6 is 0 Å². The van der Waals surface area contributed by atoms with Gasteiger partial charge in [0.15, 0.2) is 9.79 Å². The smallest absolute Gasteiger partial charge is 0.184 e. The maximum absolute atomic E-state index is 9.12. The highest BCUT2D eigenvalue weighted by Gasteiger charge is 2.35. The van der Waals surface area contributed by atoms with Crippen molar-refractivity contribution in [1.29, 1.82) is 0 Å². The molecule has 2 aromatic rings. The van der Waals surface area contributed by atoms with Crippen LogP contribution in [0.25, 0.3) is 0 Å². The van der Waals surface area contributed by atoms with Gasteiger partial charge in [0.1, 0.15) is 5.75 Å². The first-order chi connectivity index (χ1) is 11.8. The number of aryl methyl sites for hydroxylation is 1. The Morgan fingerprint density at radius 2 is 1.54 bits per heavy atom. The van der Waals surface area contributed by atoms with Crippen LogP contribution in [0.15, 0.2) is 52.3 Å². The summed E-state index contributed by atoms with van der Waals surface area (Å²) in [5.74, 6) is 1.09. The SMILES string of the molecule is OCCCCc1cccc2c1Nc1ccccc1[S+]2CCCCO. The summed E-state index contributed by atoms with van der Waals surface area (Å²) in [4.78, 5) is 2.78. The van der Waals surface area contributed by atoms with Gasteiger partial charge >= 0.3 is 0 Å². The fourth-order valence-electron chi connectivity index (χ4n) is 3.18. The maximum Gasteiger partial charge on any atom is 0.184 e. The van der Waals surface area contributed by atoms with E-state index in [2.05, 4.69) is 47.8 Å². The highest BCUT2D eigenvalue weighted by atomic mass is 32.2. The number of anilines is 2. The standard InChI is InChI=1S/C20H26NO2S/c22-13-4-3-8-16-9-7-12-19-20(16)21-17-10-1-2-11-18(17)24(19)15-6-5-14-23/h1-2,7,9-12,21-23H,3-6,8,13-15H2/q+1. The van der Waals surface area contributed by atoms with Crippen LogP contribution in [-0.2, 0) is 17.3 Å². The molecule has 128 valence electrons. The first-order valence-corrected chi connectivity index (χ1v) is 10.1. The third-order valence-corrected chi connectivity index (χ3v) is 6.86. The molecule has 0 aromatic heterocycles. The lowest BCUT2D eigenvalue weighted by molar-refractivity contribution is 0.284. The molecule has 0 spiro atoms. The molecular formula is C20H26NO2S+. The first-order valence-electron chi connectivity index (χ1n) is 8.75. The van der Waals surface area contributed by atoms with Crippen molar-refractivity contribution in [2.45, 2.75) is 41.9 Å². The van der Waals surface area contributed by atoms with Gasteiger partial charge in [0.25, 0.3) is 0 Å². The van der Waals surface area contributed by atoms with Crippen molar-refractivity contribution < 1.29 is 10.2 Å². The van der Waals surface area contributed by atoms with E-state index in [4.69, 9.17) is 10.2 Å². The van der Waals surface area contributed by atoms with E-state index in [1.165, 1.54) is 26.7 Å². The number of benzene rings is 2. The number of hydrogen-bond acceptors (Lipinski definition) is 3. The average molecular weight is 345 g/mol. The monoisotopic (exact) mass is 344 g/mol. The zero-order valence-corrected chi connectivity index (χ0v) is 14.8.